The number of carbonyl (C=O) groups is 3. The van der Waals surface area contributed by atoms with Gasteiger partial charge >= 0.3 is 17.8 Å². The number of hydrogen-bond acceptors (Lipinski definition) is 4. The van der Waals surface area contributed by atoms with E-state index in [-0.39, 0.29) is 17.2 Å². The third-order valence-corrected chi connectivity index (χ3v) is 4.14. The van der Waals surface area contributed by atoms with E-state index in [9.17, 15) is 14.4 Å². The molecule has 1 unspecified atom stereocenters. The maximum atomic E-state index is 12.3. The van der Waals surface area contributed by atoms with Crippen molar-refractivity contribution in [2.24, 2.45) is 0 Å². The van der Waals surface area contributed by atoms with Crippen LogP contribution in [0, 0.1) is 0 Å². The number of hydrogen-bond donors (Lipinski definition) is 2. The van der Waals surface area contributed by atoms with E-state index in [4.69, 9.17) is 0 Å². The summed E-state index contributed by atoms with van der Waals surface area (Å²) in [5.74, 6) is -2.02. The predicted molar refractivity (Wildman–Crippen MR) is 100 cm³/mol. The highest BCUT2D eigenvalue weighted by atomic mass is 16.5. The zero-order valence-corrected chi connectivity index (χ0v) is 15.0. The lowest BCUT2D eigenvalue weighted by molar-refractivity contribution is -0.133. The summed E-state index contributed by atoms with van der Waals surface area (Å²) in [7, 11) is 1.25. The lowest BCUT2D eigenvalue weighted by Crippen LogP contribution is -2.30. The lowest BCUT2D eigenvalue weighted by atomic mass is 9.97. The third-order valence-electron chi connectivity index (χ3n) is 4.14. The van der Waals surface area contributed by atoms with Gasteiger partial charge in [0, 0.05) is 5.69 Å². The maximum absolute atomic E-state index is 12.3. The van der Waals surface area contributed by atoms with Gasteiger partial charge in [0.15, 0.2) is 0 Å². The molecule has 2 N–H and O–H groups in total. The molecule has 0 saturated heterocycles. The summed E-state index contributed by atoms with van der Waals surface area (Å²) in [6.07, 6.45) is 0.908. The van der Waals surface area contributed by atoms with Crippen molar-refractivity contribution < 1.29 is 19.1 Å². The number of carbonyl (C=O) groups excluding carboxylic acids is 3. The van der Waals surface area contributed by atoms with Crippen molar-refractivity contribution in [1.29, 1.82) is 0 Å². The van der Waals surface area contributed by atoms with Gasteiger partial charge in [-0.1, -0.05) is 44.2 Å². The van der Waals surface area contributed by atoms with Gasteiger partial charge in [-0.2, -0.15) is 0 Å². The second kappa shape index (κ2) is 8.80. The van der Waals surface area contributed by atoms with Crippen LogP contribution in [0.3, 0.4) is 0 Å². The average Bonchev–Trinajstić information content (AvgIpc) is 2.67. The highest BCUT2D eigenvalue weighted by molar-refractivity contribution is 6.44. The summed E-state index contributed by atoms with van der Waals surface area (Å²) in [5.41, 5.74) is 1.96. The van der Waals surface area contributed by atoms with E-state index >= 15 is 0 Å². The molecule has 136 valence electrons. The van der Waals surface area contributed by atoms with Crippen LogP contribution < -0.4 is 10.6 Å². The van der Waals surface area contributed by atoms with Crippen molar-refractivity contribution in [1.82, 2.24) is 0 Å². The topological polar surface area (TPSA) is 84.5 Å². The first-order valence-electron chi connectivity index (χ1n) is 8.36. The number of amides is 2. The molecule has 0 aliphatic heterocycles. The number of esters is 1. The largest absolute Gasteiger partial charge is 0.465 e. The van der Waals surface area contributed by atoms with Gasteiger partial charge in [-0.05, 0) is 36.1 Å². The Labute approximate surface area is 152 Å². The zero-order valence-electron chi connectivity index (χ0n) is 15.0. The van der Waals surface area contributed by atoms with Gasteiger partial charge in [0.05, 0.1) is 18.4 Å². The van der Waals surface area contributed by atoms with E-state index in [0.29, 0.717) is 5.69 Å². The summed E-state index contributed by atoms with van der Waals surface area (Å²) in [6.45, 7) is 4.11. The Hall–Kier alpha value is -3.15. The molecule has 1 atom stereocenters. The van der Waals surface area contributed by atoms with Crippen LogP contribution in [-0.2, 0) is 14.3 Å². The Morgan fingerprint density at radius 1 is 0.923 bits per heavy atom. The summed E-state index contributed by atoms with van der Waals surface area (Å²) >= 11 is 0. The van der Waals surface area contributed by atoms with Crippen LogP contribution in [0.4, 0.5) is 11.4 Å². The van der Waals surface area contributed by atoms with E-state index < -0.39 is 17.8 Å². The first-order valence-corrected chi connectivity index (χ1v) is 8.36. The van der Waals surface area contributed by atoms with Gasteiger partial charge < -0.3 is 15.4 Å². The van der Waals surface area contributed by atoms with Gasteiger partial charge in [0.2, 0.25) is 0 Å². The highest BCUT2D eigenvalue weighted by Gasteiger charge is 2.19. The molecule has 0 heterocycles. The number of methoxy groups -OCH3 is 1. The van der Waals surface area contributed by atoms with Crippen molar-refractivity contribution in [2.75, 3.05) is 17.7 Å². The molecule has 2 amide bonds. The van der Waals surface area contributed by atoms with Gasteiger partial charge in [-0.15, -0.1) is 0 Å². The Bertz CT molecular complexity index is 817. The Morgan fingerprint density at radius 3 is 2.08 bits per heavy atom. The zero-order chi connectivity index (χ0) is 19.1. The predicted octanol–water partition coefficient (Wildman–Crippen LogP) is 3.56. The number of ether oxygens (including phenoxy) is 1. The molecular formula is C20H22N2O4. The molecule has 2 aromatic rings. The van der Waals surface area contributed by atoms with E-state index in [0.717, 1.165) is 12.0 Å². The molecule has 26 heavy (non-hydrogen) atoms. The van der Waals surface area contributed by atoms with Crippen molar-refractivity contribution in [3.63, 3.8) is 0 Å². The number of anilines is 2. The molecule has 6 heteroatoms. The number of nitrogens with one attached hydrogen (secondary N) is 2. The molecule has 2 rings (SSSR count). The fourth-order valence-electron chi connectivity index (χ4n) is 2.50. The Kier molecular flexibility index (Phi) is 6.49. The van der Waals surface area contributed by atoms with Crippen LogP contribution in [0.5, 0.6) is 0 Å². The van der Waals surface area contributed by atoms with E-state index in [1.807, 2.05) is 12.1 Å². The highest BCUT2D eigenvalue weighted by Crippen LogP contribution is 2.26. The second-order valence-electron chi connectivity index (χ2n) is 5.84. The van der Waals surface area contributed by atoms with Crippen molar-refractivity contribution in [2.45, 2.75) is 26.2 Å². The normalized spacial score (nSPS) is 11.3. The molecule has 0 aliphatic carbocycles. The van der Waals surface area contributed by atoms with Gasteiger partial charge in [0.1, 0.15) is 0 Å². The first kappa shape index (κ1) is 19.2. The lowest BCUT2D eigenvalue weighted by Gasteiger charge is -2.15. The van der Waals surface area contributed by atoms with Crippen molar-refractivity contribution in [3.05, 3.63) is 59.7 Å². The number of rotatable bonds is 5. The van der Waals surface area contributed by atoms with Crippen LogP contribution in [-0.4, -0.2) is 24.9 Å². The fourth-order valence-corrected chi connectivity index (χ4v) is 2.50. The molecule has 0 radical (unpaired) electrons. The van der Waals surface area contributed by atoms with Crippen LogP contribution in [0.2, 0.25) is 0 Å². The standard InChI is InChI=1S/C20H22N2O4/c1-4-13(2)14-9-5-7-11-16(14)21-18(23)19(24)22-17-12-8-6-10-15(17)20(25)26-3/h5-13H,4H2,1-3H3,(H,21,23)(H,22,24). The van der Waals surface area contributed by atoms with E-state index in [1.165, 1.54) is 19.2 Å². The minimum atomic E-state index is -0.861. The molecule has 0 saturated carbocycles. The molecule has 0 aromatic heterocycles. The van der Waals surface area contributed by atoms with Crippen LogP contribution in [0.15, 0.2) is 48.5 Å². The van der Waals surface area contributed by atoms with Crippen molar-refractivity contribution >= 4 is 29.2 Å². The SMILES string of the molecule is CCC(C)c1ccccc1NC(=O)C(=O)Nc1ccccc1C(=O)OC. The monoisotopic (exact) mass is 354 g/mol. The molecule has 2 aromatic carbocycles. The Balaban J connectivity index is 2.15. The maximum Gasteiger partial charge on any atom is 0.339 e. The summed E-state index contributed by atoms with van der Waals surface area (Å²) in [4.78, 5) is 36.3. The molecule has 6 nitrogen and oxygen atoms in total. The molecule has 0 spiro atoms. The van der Waals surface area contributed by atoms with Crippen LogP contribution >= 0.6 is 0 Å². The van der Waals surface area contributed by atoms with Gasteiger partial charge in [-0.25, -0.2) is 4.79 Å². The van der Waals surface area contributed by atoms with E-state index in [2.05, 4.69) is 29.2 Å². The van der Waals surface area contributed by atoms with Crippen LogP contribution in [0.1, 0.15) is 42.1 Å². The fraction of sp³-hybridized carbons (Fsp3) is 0.250. The summed E-state index contributed by atoms with van der Waals surface area (Å²) in [5, 5.41) is 5.10. The minimum Gasteiger partial charge on any atom is -0.465 e. The van der Waals surface area contributed by atoms with Crippen molar-refractivity contribution in [3.8, 4) is 0 Å². The molecular weight excluding hydrogens is 332 g/mol. The smallest absolute Gasteiger partial charge is 0.339 e. The minimum absolute atomic E-state index is 0.177. The average molecular weight is 354 g/mol. The first-order chi connectivity index (χ1) is 12.5. The van der Waals surface area contributed by atoms with Gasteiger partial charge in [0.25, 0.3) is 0 Å². The second-order valence-corrected chi connectivity index (χ2v) is 5.84. The quantitative estimate of drug-likeness (QED) is 0.635. The summed E-state index contributed by atoms with van der Waals surface area (Å²) in [6, 6.07) is 13.7. The molecule has 0 aliphatic rings. The number of benzene rings is 2. The van der Waals surface area contributed by atoms with E-state index in [1.54, 1.807) is 24.3 Å². The summed E-state index contributed by atoms with van der Waals surface area (Å²) < 4.78 is 4.68. The third kappa shape index (κ3) is 4.47. The Morgan fingerprint density at radius 2 is 1.46 bits per heavy atom. The molecule has 0 bridgehead atoms. The number of para-hydroxylation sites is 2. The van der Waals surface area contributed by atoms with Crippen LogP contribution in [0.25, 0.3) is 0 Å². The van der Waals surface area contributed by atoms with Gasteiger partial charge in [-0.3, -0.25) is 9.59 Å². The molecule has 0 fully saturated rings.